The van der Waals surface area contributed by atoms with Crippen molar-refractivity contribution in [3.05, 3.63) is 0 Å². The predicted molar refractivity (Wildman–Crippen MR) is 87.1 cm³/mol. The van der Waals surface area contributed by atoms with Crippen LogP contribution in [0.2, 0.25) is 0 Å². The molecule has 0 aliphatic rings. The fourth-order valence-electron chi connectivity index (χ4n) is 1.72. The lowest BCUT2D eigenvalue weighted by Crippen LogP contribution is -2.23. The fourth-order valence-corrected chi connectivity index (χ4v) is 3.76. The van der Waals surface area contributed by atoms with Crippen LogP contribution in [0.1, 0.15) is 53.4 Å². The van der Waals surface area contributed by atoms with Gasteiger partial charge in [-0.2, -0.15) is 0 Å². The molecule has 0 fully saturated rings. The van der Waals surface area contributed by atoms with Crippen molar-refractivity contribution in [2.24, 2.45) is 0 Å². The zero-order valence-electron chi connectivity index (χ0n) is 13.2. The molecule has 0 saturated heterocycles. The molecule has 126 valence electrons. The van der Waals surface area contributed by atoms with Gasteiger partial charge < -0.3 is 10.2 Å². The molecular formula is C14H22O6S2. The van der Waals surface area contributed by atoms with Gasteiger partial charge in [-0.1, -0.05) is 23.5 Å². The van der Waals surface area contributed by atoms with E-state index in [0.717, 1.165) is 23.5 Å². The summed E-state index contributed by atoms with van der Waals surface area (Å²) in [6.07, 6.45) is -0.249. The maximum Gasteiger partial charge on any atom is 0.304 e. The number of carbonyl (C=O) groups excluding carboxylic acids is 2. The highest BCUT2D eigenvalue weighted by Gasteiger charge is 2.28. The molecule has 0 aromatic heterocycles. The van der Waals surface area contributed by atoms with E-state index >= 15 is 0 Å². The summed E-state index contributed by atoms with van der Waals surface area (Å²) in [6, 6.07) is 0. The van der Waals surface area contributed by atoms with Crippen LogP contribution in [-0.4, -0.2) is 41.9 Å². The zero-order chi connectivity index (χ0) is 17.6. The summed E-state index contributed by atoms with van der Waals surface area (Å²) in [5, 5.41) is 17.0. The molecule has 0 bridgehead atoms. The number of carboxylic acid groups (broad SMARTS) is 2. The summed E-state index contributed by atoms with van der Waals surface area (Å²) in [4.78, 5) is 45.0. The normalized spacial score (nSPS) is 12.0. The minimum Gasteiger partial charge on any atom is -0.481 e. The molecule has 6 nitrogen and oxygen atoms in total. The van der Waals surface area contributed by atoms with Crippen molar-refractivity contribution in [1.82, 2.24) is 0 Å². The van der Waals surface area contributed by atoms with Gasteiger partial charge in [-0.05, 0) is 27.7 Å². The summed E-state index contributed by atoms with van der Waals surface area (Å²) in [7, 11) is 0. The van der Waals surface area contributed by atoms with Crippen LogP contribution < -0.4 is 0 Å². The van der Waals surface area contributed by atoms with E-state index in [4.69, 9.17) is 10.2 Å². The molecule has 0 aliphatic heterocycles. The summed E-state index contributed by atoms with van der Waals surface area (Å²) in [5.74, 6) is -1.96. The van der Waals surface area contributed by atoms with Crippen molar-refractivity contribution in [1.29, 1.82) is 0 Å². The van der Waals surface area contributed by atoms with E-state index in [1.807, 2.05) is 0 Å². The third-order valence-electron chi connectivity index (χ3n) is 2.47. The van der Waals surface area contributed by atoms with E-state index in [9.17, 15) is 19.2 Å². The van der Waals surface area contributed by atoms with E-state index in [1.54, 1.807) is 27.7 Å². The molecule has 8 heteroatoms. The Morgan fingerprint density at radius 3 is 1.23 bits per heavy atom. The van der Waals surface area contributed by atoms with E-state index in [1.165, 1.54) is 0 Å². The third kappa shape index (κ3) is 10.7. The first-order valence-electron chi connectivity index (χ1n) is 6.70. The molecule has 0 atom stereocenters. The molecule has 22 heavy (non-hydrogen) atoms. The van der Waals surface area contributed by atoms with Crippen LogP contribution in [-0.2, 0) is 19.2 Å². The van der Waals surface area contributed by atoms with E-state index in [2.05, 4.69) is 0 Å². The lowest BCUT2D eigenvalue weighted by molar-refractivity contribution is -0.138. The van der Waals surface area contributed by atoms with Gasteiger partial charge in [0.15, 0.2) is 10.2 Å². The highest BCUT2D eigenvalue weighted by atomic mass is 32.2. The molecule has 0 amide bonds. The molecule has 0 unspecified atom stereocenters. The van der Waals surface area contributed by atoms with Crippen molar-refractivity contribution < 1.29 is 29.4 Å². The van der Waals surface area contributed by atoms with Crippen LogP contribution in [0.5, 0.6) is 0 Å². The number of carboxylic acids is 2. The smallest absolute Gasteiger partial charge is 0.304 e. The van der Waals surface area contributed by atoms with Gasteiger partial charge in [0.25, 0.3) is 0 Å². The predicted octanol–water partition coefficient (Wildman–Crippen LogP) is 2.79. The van der Waals surface area contributed by atoms with Crippen molar-refractivity contribution >= 4 is 45.7 Å². The van der Waals surface area contributed by atoms with Crippen LogP contribution in [0.15, 0.2) is 0 Å². The molecule has 0 rings (SSSR count). The van der Waals surface area contributed by atoms with Crippen molar-refractivity contribution in [3.63, 3.8) is 0 Å². The quantitative estimate of drug-likeness (QED) is 0.653. The van der Waals surface area contributed by atoms with Crippen molar-refractivity contribution in [2.75, 3.05) is 0 Å². The first-order valence-corrected chi connectivity index (χ1v) is 8.33. The van der Waals surface area contributed by atoms with Gasteiger partial charge in [0.1, 0.15) is 0 Å². The van der Waals surface area contributed by atoms with Gasteiger partial charge in [-0.3, -0.25) is 19.2 Å². The molecule has 0 spiro atoms. The first-order chi connectivity index (χ1) is 9.83. The Balaban J connectivity index is 4.28. The van der Waals surface area contributed by atoms with E-state index in [0.29, 0.717) is 0 Å². The van der Waals surface area contributed by atoms with Gasteiger partial charge in [-0.15, -0.1) is 0 Å². The van der Waals surface area contributed by atoms with E-state index < -0.39 is 21.4 Å². The fraction of sp³-hybridized carbons (Fsp3) is 0.714. The van der Waals surface area contributed by atoms with E-state index in [-0.39, 0.29) is 35.9 Å². The van der Waals surface area contributed by atoms with Gasteiger partial charge in [0.05, 0.1) is 12.8 Å². The number of hydrogen-bond acceptors (Lipinski definition) is 6. The van der Waals surface area contributed by atoms with Crippen molar-refractivity contribution in [2.45, 2.75) is 62.9 Å². The Morgan fingerprint density at radius 1 is 0.727 bits per heavy atom. The maximum atomic E-state index is 11.8. The molecular weight excluding hydrogens is 328 g/mol. The second kappa shape index (κ2) is 8.57. The Labute approximate surface area is 138 Å². The van der Waals surface area contributed by atoms with Crippen LogP contribution in [0.4, 0.5) is 0 Å². The summed E-state index contributed by atoms with van der Waals surface area (Å²) < 4.78 is -1.44. The molecule has 0 heterocycles. The number of thioether (sulfide) groups is 2. The van der Waals surface area contributed by atoms with Crippen molar-refractivity contribution in [3.8, 4) is 0 Å². The monoisotopic (exact) mass is 350 g/mol. The molecule has 2 N–H and O–H groups in total. The second-order valence-electron chi connectivity index (χ2n) is 6.11. The molecule has 0 saturated carbocycles. The molecule has 0 aliphatic carbocycles. The minimum atomic E-state index is -0.979. The highest BCUT2D eigenvalue weighted by Crippen LogP contribution is 2.32. The van der Waals surface area contributed by atoms with Gasteiger partial charge in [0, 0.05) is 22.3 Å². The molecule has 0 aromatic carbocycles. The SMILES string of the molecule is CC(C)(CC(=O)O)SC(=O)CCC(=O)SC(C)(C)CC(=O)O. The zero-order valence-corrected chi connectivity index (χ0v) is 14.8. The molecule has 0 radical (unpaired) electrons. The summed E-state index contributed by atoms with van der Waals surface area (Å²) in [6.45, 7) is 6.65. The number of aliphatic carboxylic acids is 2. The number of rotatable bonds is 9. The maximum absolute atomic E-state index is 11.8. The lowest BCUT2D eigenvalue weighted by Gasteiger charge is -2.21. The lowest BCUT2D eigenvalue weighted by atomic mass is 10.1. The Kier molecular flexibility index (Phi) is 8.17. The average molecular weight is 350 g/mol. The standard InChI is InChI=1S/C14H22O6S2/c1-13(2,7-9(15)16)21-11(19)5-6-12(20)22-14(3,4)8-10(17)18/h5-8H2,1-4H3,(H,15,16)(H,17,18). The average Bonchev–Trinajstić information content (AvgIpc) is 2.20. The van der Waals surface area contributed by atoms with Crippen LogP contribution in [0, 0.1) is 0 Å². The first kappa shape index (κ1) is 21.0. The summed E-state index contributed by atoms with van der Waals surface area (Å²) in [5.41, 5.74) is 0. The third-order valence-corrected chi connectivity index (χ3v) is 4.72. The van der Waals surface area contributed by atoms with Gasteiger partial charge in [-0.25, -0.2) is 0 Å². The Hall–Kier alpha value is -1.02. The largest absolute Gasteiger partial charge is 0.481 e. The van der Waals surface area contributed by atoms with Gasteiger partial charge >= 0.3 is 11.9 Å². The van der Waals surface area contributed by atoms with Crippen LogP contribution >= 0.6 is 23.5 Å². The second-order valence-corrected chi connectivity index (χ2v) is 9.64. The number of carbonyl (C=O) groups is 4. The number of hydrogen-bond donors (Lipinski definition) is 2. The van der Waals surface area contributed by atoms with Gasteiger partial charge in [0.2, 0.25) is 0 Å². The minimum absolute atomic E-state index is 0.0166. The molecule has 0 aromatic rings. The van der Waals surface area contributed by atoms with Crippen LogP contribution in [0.3, 0.4) is 0 Å². The van der Waals surface area contributed by atoms with Crippen LogP contribution in [0.25, 0.3) is 0 Å². The topological polar surface area (TPSA) is 109 Å². The highest BCUT2D eigenvalue weighted by molar-refractivity contribution is 8.15. The summed E-state index contributed by atoms with van der Waals surface area (Å²) >= 11 is 1.85. The Bertz CT molecular complexity index is 414. The Morgan fingerprint density at radius 2 is 1.00 bits per heavy atom.